The second-order valence-corrected chi connectivity index (χ2v) is 4.79. The standard InChI is InChI=1S/C12H24N2O/c1-10(13)9-12(15)14-11-7-5-3-2-4-6-8-11/h10-11H,2-9,13H2,1H3,(H,14,15). The summed E-state index contributed by atoms with van der Waals surface area (Å²) in [6, 6.07) is 0.370. The molecule has 0 aromatic rings. The van der Waals surface area contributed by atoms with Crippen molar-refractivity contribution in [2.45, 2.75) is 70.4 Å². The predicted octanol–water partition coefficient (Wildman–Crippen LogP) is 1.95. The summed E-state index contributed by atoms with van der Waals surface area (Å²) in [6.07, 6.45) is 9.25. The number of nitrogens with two attached hydrogens (primary N) is 1. The molecular weight excluding hydrogens is 188 g/mol. The number of nitrogens with one attached hydrogen (secondary N) is 1. The highest BCUT2D eigenvalue weighted by atomic mass is 16.1. The third-order valence-corrected chi connectivity index (χ3v) is 2.98. The smallest absolute Gasteiger partial charge is 0.221 e. The van der Waals surface area contributed by atoms with E-state index in [-0.39, 0.29) is 11.9 Å². The molecule has 3 nitrogen and oxygen atoms in total. The zero-order chi connectivity index (χ0) is 11.1. The average molecular weight is 212 g/mol. The summed E-state index contributed by atoms with van der Waals surface area (Å²) in [5.41, 5.74) is 5.59. The van der Waals surface area contributed by atoms with Crippen molar-refractivity contribution in [3.63, 3.8) is 0 Å². The number of carbonyl (C=O) groups is 1. The van der Waals surface area contributed by atoms with Crippen molar-refractivity contribution >= 4 is 5.91 Å². The largest absolute Gasteiger partial charge is 0.353 e. The Labute approximate surface area is 92.8 Å². The maximum Gasteiger partial charge on any atom is 0.221 e. The zero-order valence-corrected chi connectivity index (χ0v) is 9.80. The van der Waals surface area contributed by atoms with Crippen LogP contribution in [0.5, 0.6) is 0 Å². The minimum absolute atomic E-state index is 0.0291. The van der Waals surface area contributed by atoms with Crippen molar-refractivity contribution in [1.82, 2.24) is 5.32 Å². The van der Waals surface area contributed by atoms with E-state index in [0.29, 0.717) is 12.5 Å². The van der Waals surface area contributed by atoms with Gasteiger partial charge in [0, 0.05) is 18.5 Å². The van der Waals surface area contributed by atoms with Gasteiger partial charge in [-0.1, -0.05) is 32.1 Å². The Bertz CT molecular complexity index is 184. The molecule has 88 valence electrons. The molecule has 1 fully saturated rings. The van der Waals surface area contributed by atoms with Crippen molar-refractivity contribution in [1.29, 1.82) is 0 Å². The summed E-state index contributed by atoms with van der Waals surface area (Å²) >= 11 is 0. The van der Waals surface area contributed by atoms with E-state index < -0.39 is 0 Å². The molecule has 1 atom stereocenters. The number of rotatable bonds is 3. The van der Waals surface area contributed by atoms with Gasteiger partial charge in [-0.2, -0.15) is 0 Å². The van der Waals surface area contributed by atoms with Crippen molar-refractivity contribution < 1.29 is 4.79 Å². The van der Waals surface area contributed by atoms with Crippen LogP contribution in [0.1, 0.15) is 58.3 Å². The molecule has 0 radical (unpaired) electrons. The van der Waals surface area contributed by atoms with Gasteiger partial charge in [0.1, 0.15) is 0 Å². The Morgan fingerprint density at radius 3 is 2.33 bits per heavy atom. The van der Waals surface area contributed by atoms with E-state index >= 15 is 0 Å². The van der Waals surface area contributed by atoms with Crippen LogP contribution in [0.15, 0.2) is 0 Å². The molecule has 1 aliphatic carbocycles. The fraction of sp³-hybridized carbons (Fsp3) is 0.917. The third kappa shape index (κ3) is 5.78. The topological polar surface area (TPSA) is 55.1 Å². The average Bonchev–Trinajstić information content (AvgIpc) is 2.08. The lowest BCUT2D eigenvalue weighted by molar-refractivity contribution is -0.122. The Balaban J connectivity index is 2.25. The van der Waals surface area contributed by atoms with E-state index in [9.17, 15) is 4.79 Å². The maximum absolute atomic E-state index is 11.5. The summed E-state index contributed by atoms with van der Waals surface area (Å²) in [5.74, 6) is 0.121. The van der Waals surface area contributed by atoms with Crippen LogP contribution < -0.4 is 11.1 Å². The van der Waals surface area contributed by atoms with Gasteiger partial charge in [-0.25, -0.2) is 0 Å². The Morgan fingerprint density at radius 1 is 1.27 bits per heavy atom. The van der Waals surface area contributed by atoms with E-state index in [2.05, 4.69) is 5.32 Å². The molecule has 15 heavy (non-hydrogen) atoms. The zero-order valence-electron chi connectivity index (χ0n) is 9.80. The Hall–Kier alpha value is -0.570. The van der Waals surface area contributed by atoms with E-state index in [1.54, 1.807) is 0 Å². The lowest BCUT2D eigenvalue weighted by Crippen LogP contribution is -2.37. The van der Waals surface area contributed by atoms with E-state index in [1.165, 1.54) is 32.1 Å². The Morgan fingerprint density at radius 2 is 1.80 bits per heavy atom. The first kappa shape index (κ1) is 12.5. The van der Waals surface area contributed by atoms with Gasteiger partial charge in [0.15, 0.2) is 0 Å². The highest BCUT2D eigenvalue weighted by Crippen LogP contribution is 2.17. The molecule has 1 amide bonds. The summed E-state index contributed by atoms with van der Waals surface area (Å²) in [5, 5.41) is 3.10. The van der Waals surface area contributed by atoms with Gasteiger partial charge in [-0.15, -0.1) is 0 Å². The molecule has 0 heterocycles. The first-order valence-corrected chi connectivity index (χ1v) is 6.23. The molecule has 1 aliphatic rings. The van der Waals surface area contributed by atoms with Gasteiger partial charge in [0.2, 0.25) is 5.91 Å². The highest BCUT2D eigenvalue weighted by molar-refractivity contribution is 5.76. The maximum atomic E-state index is 11.5. The fourth-order valence-electron chi connectivity index (χ4n) is 2.18. The molecule has 1 rings (SSSR count). The van der Waals surface area contributed by atoms with Crippen molar-refractivity contribution in [2.24, 2.45) is 5.73 Å². The molecular formula is C12H24N2O. The van der Waals surface area contributed by atoms with Crippen LogP contribution in [0, 0.1) is 0 Å². The summed E-state index contributed by atoms with van der Waals surface area (Å²) < 4.78 is 0. The number of hydrogen-bond acceptors (Lipinski definition) is 2. The van der Waals surface area contributed by atoms with Gasteiger partial charge < -0.3 is 11.1 Å². The van der Waals surface area contributed by atoms with Crippen molar-refractivity contribution in [2.75, 3.05) is 0 Å². The van der Waals surface area contributed by atoms with Gasteiger partial charge >= 0.3 is 0 Å². The molecule has 0 aromatic heterocycles. The SMILES string of the molecule is CC(N)CC(=O)NC1CCCCCCC1. The molecule has 0 aromatic carbocycles. The summed E-state index contributed by atoms with van der Waals surface area (Å²) in [4.78, 5) is 11.5. The number of carbonyl (C=O) groups excluding carboxylic acids is 1. The van der Waals surface area contributed by atoms with Crippen molar-refractivity contribution in [3.8, 4) is 0 Å². The lowest BCUT2D eigenvalue weighted by atomic mass is 9.96. The minimum atomic E-state index is -0.0291. The summed E-state index contributed by atoms with van der Waals surface area (Å²) in [7, 11) is 0. The van der Waals surface area contributed by atoms with Gasteiger partial charge in [0.05, 0.1) is 0 Å². The van der Waals surface area contributed by atoms with Crippen LogP contribution in [0.2, 0.25) is 0 Å². The van der Waals surface area contributed by atoms with Crippen LogP contribution >= 0.6 is 0 Å². The predicted molar refractivity (Wildman–Crippen MR) is 62.5 cm³/mol. The number of amides is 1. The molecule has 0 bridgehead atoms. The lowest BCUT2D eigenvalue weighted by Gasteiger charge is -2.21. The number of hydrogen-bond donors (Lipinski definition) is 2. The van der Waals surface area contributed by atoms with Crippen LogP contribution in [0.3, 0.4) is 0 Å². The molecule has 1 saturated carbocycles. The second kappa shape index (κ2) is 6.83. The van der Waals surface area contributed by atoms with E-state index in [4.69, 9.17) is 5.73 Å². The Kier molecular flexibility index (Phi) is 5.69. The molecule has 0 spiro atoms. The minimum Gasteiger partial charge on any atom is -0.353 e. The first-order chi connectivity index (χ1) is 7.18. The molecule has 3 heteroatoms. The van der Waals surface area contributed by atoms with Crippen LogP contribution in [0.4, 0.5) is 0 Å². The fourth-order valence-corrected chi connectivity index (χ4v) is 2.18. The highest BCUT2D eigenvalue weighted by Gasteiger charge is 2.14. The molecule has 3 N–H and O–H groups in total. The van der Waals surface area contributed by atoms with Gasteiger partial charge in [-0.3, -0.25) is 4.79 Å². The molecule has 0 aliphatic heterocycles. The van der Waals surface area contributed by atoms with Crippen molar-refractivity contribution in [3.05, 3.63) is 0 Å². The molecule has 1 unspecified atom stereocenters. The van der Waals surface area contributed by atoms with Crippen LogP contribution in [0.25, 0.3) is 0 Å². The van der Waals surface area contributed by atoms with Crippen LogP contribution in [-0.4, -0.2) is 18.0 Å². The second-order valence-electron chi connectivity index (χ2n) is 4.79. The summed E-state index contributed by atoms with van der Waals surface area (Å²) in [6.45, 7) is 1.87. The normalized spacial score (nSPS) is 21.5. The third-order valence-electron chi connectivity index (χ3n) is 2.98. The monoisotopic (exact) mass is 212 g/mol. The first-order valence-electron chi connectivity index (χ1n) is 6.23. The van der Waals surface area contributed by atoms with E-state index in [0.717, 1.165) is 12.8 Å². The van der Waals surface area contributed by atoms with E-state index in [1.807, 2.05) is 6.92 Å². The molecule has 0 saturated heterocycles. The van der Waals surface area contributed by atoms with Crippen LogP contribution in [-0.2, 0) is 4.79 Å². The quantitative estimate of drug-likeness (QED) is 0.751. The van der Waals surface area contributed by atoms with Gasteiger partial charge in [-0.05, 0) is 19.8 Å². The van der Waals surface area contributed by atoms with Gasteiger partial charge in [0.25, 0.3) is 0 Å².